The molecule has 5 nitrogen and oxygen atoms in total. The van der Waals surface area contributed by atoms with Crippen molar-refractivity contribution >= 4 is 21.7 Å². The van der Waals surface area contributed by atoms with Gasteiger partial charge in [0.25, 0.3) is 0 Å². The van der Waals surface area contributed by atoms with Gasteiger partial charge in [-0.2, -0.15) is 0 Å². The molecule has 0 bridgehead atoms. The van der Waals surface area contributed by atoms with Crippen molar-refractivity contribution in [3.63, 3.8) is 0 Å². The second kappa shape index (κ2) is 4.44. The van der Waals surface area contributed by atoms with Gasteiger partial charge in [0.15, 0.2) is 0 Å². The lowest BCUT2D eigenvalue weighted by atomic mass is 10.1. The number of rotatable bonds is 3. The number of aromatic amines is 2. The lowest BCUT2D eigenvalue weighted by Crippen LogP contribution is -2.06. The van der Waals surface area contributed by atoms with E-state index in [9.17, 15) is 9.59 Å². The largest absolute Gasteiger partial charge is 0.323 e. The first-order chi connectivity index (χ1) is 7.72. The maximum Gasteiger partial charge on any atom is 0.323 e. The highest BCUT2D eigenvalue weighted by atomic mass is 79.9. The number of halogens is 1. The normalized spacial score (nSPS) is 10.3. The standard InChI is InChI=1S/C10H8BrN3O2/c11-5-7-8(14-10(16)13-7)9(15)6-1-3-12-4-2-6/h1-4H,5H2,(H2,13,14,16). The summed E-state index contributed by atoms with van der Waals surface area (Å²) >= 11 is 3.21. The number of carbonyl (C=O) groups excluding carboxylic acids is 1. The smallest absolute Gasteiger partial charge is 0.308 e. The molecular weight excluding hydrogens is 274 g/mol. The molecule has 2 N–H and O–H groups in total. The maximum absolute atomic E-state index is 12.0. The van der Waals surface area contributed by atoms with Crippen molar-refractivity contribution in [1.82, 2.24) is 15.0 Å². The fraction of sp³-hybridized carbons (Fsp3) is 0.100. The molecule has 6 heteroatoms. The number of hydrogen-bond donors (Lipinski definition) is 2. The Morgan fingerprint density at radius 3 is 2.62 bits per heavy atom. The van der Waals surface area contributed by atoms with Gasteiger partial charge in [-0.25, -0.2) is 4.79 Å². The molecule has 0 spiro atoms. The highest BCUT2D eigenvalue weighted by molar-refractivity contribution is 9.08. The molecule has 0 aliphatic heterocycles. The van der Waals surface area contributed by atoms with Crippen LogP contribution in [0.3, 0.4) is 0 Å². The maximum atomic E-state index is 12.0. The molecule has 82 valence electrons. The molecule has 16 heavy (non-hydrogen) atoms. The summed E-state index contributed by atoms with van der Waals surface area (Å²) in [6, 6.07) is 3.21. The third kappa shape index (κ3) is 1.96. The summed E-state index contributed by atoms with van der Waals surface area (Å²) < 4.78 is 0. The number of hydrogen-bond acceptors (Lipinski definition) is 3. The van der Waals surface area contributed by atoms with Gasteiger partial charge in [0, 0.05) is 23.3 Å². The summed E-state index contributed by atoms with van der Waals surface area (Å²) in [7, 11) is 0. The molecule has 0 aromatic carbocycles. The van der Waals surface area contributed by atoms with Gasteiger partial charge < -0.3 is 9.97 Å². The van der Waals surface area contributed by atoms with E-state index < -0.39 is 0 Å². The fourth-order valence-corrected chi connectivity index (χ4v) is 1.78. The molecular formula is C10H8BrN3O2. The molecule has 0 aliphatic carbocycles. The van der Waals surface area contributed by atoms with Gasteiger partial charge in [0.05, 0.1) is 5.69 Å². The quantitative estimate of drug-likeness (QED) is 0.656. The second-order valence-electron chi connectivity index (χ2n) is 3.13. The average molecular weight is 282 g/mol. The van der Waals surface area contributed by atoms with Crippen molar-refractivity contribution in [3.05, 3.63) is 52.0 Å². The van der Waals surface area contributed by atoms with Crippen LogP contribution in [0.4, 0.5) is 0 Å². The van der Waals surface area contributed by atoms with Crippen LogP contribution in [0.2, 0.25) is 0 Å². The average Bonchev–Trinajstić information content (AvgIpc) is 2.70. The van der Waals surface area contributed by atoms with Crippen molar-refractivity contribution in [2.24, 2.45) is 0 Å². The van der Waals surface area contributed by atoms with Crippen LogP contribution >= 0.6 is 15.9 Å². The first-order valence-corrected chi connectivity index (χ1v) is 5.66. The molecule has 2 aromatic rings. The van der Waals surface area contributed by atoms with Crippen LogP contribution in [0.25, 0.3) is 0 Å². The summed E-state index contributed by atoms with van der Waals surface area (Å²) in [6.45, 7) is 0. The Labute approximate surface area is 99.1 Å². The van der Waals surface area contributed by atoms with E-state index in [0.717, 1.165) is 0 Å². The summed E-state index contributed by atoms with van der Waals surface area (Å²) in [5.41, 5.74) is 0.944. The van der Waals surface area contributed by atoms with E-state index in [1.807, 2.05) is 0 Å². The molecule has 0 fully saturated rings. The lowest BCUT2D eigenvalue weighted by Gasteiger charge is -1.99. The van der Waals surface area contributed by atoms with Crippen molar-refractivity contribution in [2.75, 3.05) is 0 Å². The minimum absolute atomic E-state index is 0.227. The Balaban J connectivity index is 2.45. The van der Waals surface area contributed by atoms with Gasteiger partial charge in [0.2, 0.25) is 5.78 Å². The number of nitrogens with one attached hydrogen (secondary N) is 2. The number of carbonyl (C=O) groups is 1. The predicted molar refractivity (Wildman–Crippen MR) is 61.7 cm³/mol. The molecule has 0 amide bonds. The number of H-pyrrole nitrogens is 2. The first-order valence-electron chi connectivity index (χ1n) is 4.54. The number of nitrogens with zero attached hydrogens (tertiary/aromatic N) is 1. The summed E-state index contributed by atoms with van der Waals surface area (Å²) in [5, 5.41) is 0.415. The molecule has 2 aromatic heterocycles. The lowest BCUT2D eigenvalue weighted by molar-refractivity contribution is 0.103. The number of alkyl halides is 1. The molecule has 0 unspecified atom stereocenters. The summed E-state index contributed by atoms with van der Waals surface area (Å²) in [6.07, 6.45) is 3.07. The summed E-state index contributed by atoms with van der Waals surface area (Å²) in [5.74, 6) is -0.227. The van der Waals surface area contributed by atoms with E-state index in [1.54, 1.807) is 12.1 Å². The van der Waals surface area contributed by atoms with E-state index in [1.165, 1.54) is 12.4 Å². The predicted octanol–water partition coefficient (Wildman–Crippen LogP) is 1.22. The van der Waals surface area contributed by atoms with E-state index in [4.69, 9.17) is 0 Å². The Kier molecular flexibility index (Phi) is 3.00. The molecule has 0 atom stereocenters. The van der Waals surface area contributed by atoms with Crippen molar-refractivity contribution in [3.8, 4) is 0 Å². The van der Waals surface area contributed by atoms with Gasteiger partial charge in [0.1, 0.15) is 5.69 Å². The van der Waals surface area contributed by atoms with Gasteiger partial charge >= 0.3 is 5.69 Å². The Morgan fingerprint density at radius 1 is 1.31 bits per heavy atom. The number of ketones is 1. The van der Waals surface area contributed by atoms with E-state index >= 15 is 0 Å². The molecule has 0 radical (unpaired) electrons. The monoisotopic (exact) mass is 281 g/mol. The highest BCUT2D eigenvalue weighted by Crippen LogP contribution is 2.11. The number of pyridine rings is 1. The molecule has 2 heterocycles. The van der Waals surface area contributed by atoms with Crippen LogP contribution in [0, 0.1) is 0 Å². The van der Waals surface area contributed by atoms with Crippen LogP contribution in [0.15, 0.2) is 29.3 Å². The molecule has 0 saturated heterocycles. The third-order valence-corrected chi connectivity index (χ3v) is 2.67. The van der Waals surface area contributed by atoms with Crippen molar-refractivity contribution in [1.29, 1.82) is 0 Å². The SMILES string of the molecule is O=C(c1ccncc1)c1[nH]c(=O)[nH]c1CBr. The molecule has 2 rings (SSSR count). The topological polar surface area (TPSA) is 78.6 Å². The van der Waals surface area contributed by atoms with Gasteiger partial charge in [-0.3, -0.25) is 9.78 Å². The first kappa shape index (κ1) is 10.8. The molecule has 0 saturated carbocycles. The molecule has 0 aliphatic rings. The van der Waals surface area contributed by atoms with Gasteiger partial charge in [-0.1, -0.05) is 15.9 Å². The highest BCUT2D eigenvalue weighted by Gasteiger charge is 2.15. The van der Waals surface area contributed by atoms with Crippen LogP contribution in [-0.2, 0) is 5.33 Å². The number of imidazole rings is 1. The van der Waals surface area contributed by atoms with Crippen LogP contribution < -0.4 is 5.69 Å². The fourth-order valence-electron chi connectivity index (χ4n) is 1.36. The van der Waals surface area contributed by atoms with Crippen LogP contribution in [0.5, 0.6) is 0 Å². The Morgan fingerprint density at radius 2 is 2.00 bits per heavy atom. The van der Waals surface area contributed by atoms with Crippen LogP contribution in [0.1, 0.15) is 21.7 Å². The summed E-state index contributed by atoms with van der Waals surface area (Å²) in [4.78, 5) is 32.0. The second-order valence-corrected chi connectivity index (χ2v) is 3.69. The zero-order valence-corrected chi connectivity index (χ0v) is 9.74. The van der Waals surface area contributed by atoms with E-state index in [-0.39, 0.29) is 17.2 Å². The minimum atomic E-state index is -0.383. The number of aromatic nitrogens is 3. The zero-order valence-electron chi connectivity index (χ0n) is 8.16. The Bertz CT molecular complexity index is 559. The van der Waals surface area contributed by atoms with Crippen LogP contribution in [-0.4, -0.2) is 20.7 Å². The van der Waals surface area contributed by atoms with Gasteiger partial charge in [-0.15, -0.1) is 0 Å². The third-order valence-electron chi connectivity index (χ3n) is 2.11. The Hall–Kier alpha value is -1.69. The minimum Gasteiger partial charge on any atom is -0.308 e. The van der Waals surface area contributed by atoms with E-state index in [0.29, 0.717) is 16.6 Å². The van der Waals surface area contributed by atoms with Gasteiger partial charge in [-0.05, 0) is 12.1 Å². The van der Waals surface area contributed by atoms with Crippen molar-refractivity contribution < 1.29 is 4.79 Å². The zero-order chi connectivity index (χ0) is 11.5. The van der Waals surface area contributed by atoms with Crippen molar-refractivity contribution in [2.45, 2.75) is 5.33 Å². The van der Waals surface area contributed by atoms with E-state index in [2.05, 4.69) is 30.9 Å².